The molecule has 0 fully saturated rings. The number of benzene rings is 10. The van der Waals surface area contributed by atoms with Crippen LogP contribution in [-0.2, 0) is 5.41 Å². The quantitative estimate of drug-likeness (QED) is 0.172. The number of fused-ring (bicyclic) bond motifs is 11. The number of nitrogens with zero attached hydrogens (tertiary/aromatic N) is 1. The Bertz CT molecular complexity index is 5470. The van der Waals surface area contributed by atoms with Crippen molar-refractivity contribution in [2.45, 2.75) is 5.41 Å². The fourth-order valence-electron chi connectivity index (χ4n) is 8.24. The van der Waals surface area contributed by atoms with Crippen molar-refractivity contribution in [1.29, 1.82) is 0 Å². The first kappa shape index (κ1) is 15.1. The largest absolute Gasteiger partial charge is 0.457 e. The van der Waals surface area contributed by atoms with Crippen LogP contribution in [0.4, 0.5) is 17.1 Å². The Balaban J connectivity index is 1.40. The van der Waals surface area contributed by atoms with E-state index in [1.807, 2.05) is 0 Å². The van der Waals surface area contributed by atoms with Crippen LogP contribution < -0.4 is 9.64 Å². The third-order valence-corrected chi connectivity index (χ3v) is 10.8. The second-order valence-electron chi connectivity index (χ2n) is 14.0. The zero-order chi connectivity index (χ0) is 74.4. The van der Waals surface area contributed by atoms with Gasteiger partial charge in [-0.3, -0.25) is 0 Å². The van der Waals surface area contributed by atoms with Gasteiger partial charge in [0.25, 0.3) is 0 Å². The lowest BCUT2D eigenvalue weighted by Gasteiger charge is -2.49. The molecule has 10 aromatic carbocycles. The van der Waals surface area contributed by atoms with E-state index in [1.165, 1.54) is 0 Å². The van der Waals surface area contributed by atoms with E-state index in [1.54, 1.807) is 0 Å². The van der Waals surface area contributed by atoms with Gasteiger partial charge in [-0.1, -0.05) is 187 Å². The zero-order valence-corrected chi connectivity index (χ0v) is 31.9. The molecule has 0 atom stereocenters. The van der Waals surface area contributed by atoms with Crippen LogP contribution in [0.25, 0.3) is 66.4 Å². The molecular formula is C61H39NO2. The number of rotatable bonds is 5. The number of furan rings is 1. The lowest BCUT2D eigenvalue weighted by molar-refractivity contribution is 0.434. The van der Waals surface area contributed by atoms with E-state index in [2.05, 4.69) is 0 Å². The van der Waals surface area contributed by atoms with Crippen molar-refractivity contribution in [3.63, 3.8) is 0 Å². The maximum absolute atomic E-state index is 10.6. The van der Waals surface area contributed by atoms with E-state index in [4.69, 9.17) is 36.6 Å². The highest BCUT2D eigenvalue weighted by molar-refractivity contribution is 6.11. The van der Waals surface area contributed by atoms with Crippen LogP contribution in [0.2, 0.25) is 0 Å². The minimum absolute atomic E-state index is 0.610. The summed E-state index contributed by atoms with van der Waals surface area (Å²) < 4.78 is 358. The first-order chi connectivity index (χ1) is 47.1. The Morgan fingerprint density at radius 2 is 0.797 bits per heavy atom. The van der Waals surface area contributed by atoms with E-state index in [-0.39, 0.29) is 0 Å². The van der Waals surface area contributed by atoms with Gasteiger partial charge < -0.3 is 14.1 Å². The van der Waals surface area contributed by atoms with Crippen LogP contribution in [-0.4, -0.2) is 0 Å². The summed E-state index contributed by atoms with van der Waals surface area (Å²) in [6.45, 7) is 0. The molecule has 1 aromatic heterocycles. The molecule has 0 bridgehead atoms. The van der Waals surface area contributed by atoms with Crippen LogP contribution in [0.15, 0.2) is 240 Å². The molecular weight excluding hydrogens is 779 g/mol. The molecule has 1 spiro atoms. The van der Waals surface area contributed by atoms with Crippen molar-refractivity contribution in [1.82, 2.24) is 0 Å². The Morgan fingerprint density at radius 1 is 0.344 bits per heavy atom. The molecule has 13 rings (SSSR count). The molecule has 0 saturated carbocycles. The first-order valence-corrected chi connectivity index (χ1v) is 18.9. The molecule has 0 aliphatic carbocycles. The van der Waals surface area contributed by atoms with Gasteiger partial charge in [0.2, 0.25) is 0 Å². The van der Waals surface area contributed by atoms with Gasteiger partial charge in [-0.05, 0) is 104 Å². The van der Waals surface area contributed by atoms with Crippen LogP contribution in [0.3, 0.4) is 0 Å². The molecule has 0 saturated heterocycles. The standard InChI is InChI=1S/C61H39NO2/c1-3-18-40(19-4-1)44-22-7-9-24-46(44)42-34-36-54-52(38-42)61(50-28-12-15-32-58(50)63-59-33-16-13-29-51(59)61)53-39-43(47-25-10-8-23-45(47)41-20-5-2-6-21-41)35-37-55(53)62(54)56-30-17-27-49-48-26-11-14-31-57(48)64-60(49)56/h1-39H/i1D,2D,3D,4D,5D,6D,7D,8D,9D,10D,11D,12D,13D,14D,15D,16D,17D,18D,19D,20D,21D,22D,23D,24D,25D,26D,27D,28D,29D,30D,31D,32D,33D,34D,35D,36D,37D. The van der Waals surface area contributed by atoms with Crippen LogP contribution in [0.1, 0.15) is 73.0 Å². The average molecular weight is 855 g/mol. The van der Waals surface area contributed by atoms with E-state index in [0.717, 1.165) is 12.1 Å². The minimum atomic E-state index is -3.39. The normalized spacial score (nSPS) is 21.3. The Hall–Kier alpha value is -8.40. The number of hydrogen-bond acceptors (Lipinski definition) is 3. The van der Waals surface area contributed by atoms with E-state index in [9.17, 15) is 23.3 Å². The SMILES string of the molecule is [2H]c1c(-c2c([2H])c([2H])c([2H])c([2H])c2-c2c([2H])c([2H])c([2H])c([2H])c2[2H])cc2c(c1[2H])N(c1c([2H])c([2H])c([2H])c3c1oc1c([2H])c([2H])c([2H])c([2H])c13)c1c(cc(-c3c([2H])c([2H])c([2H])c([2H])c3-c3c([2H])c([2H])c([2H])c([2H])c3[2H])c([2H])c1[2H])C21c2c([2H])c([2H])c([2H])c([2H])c2Oc2c([2H])c([2H])c([2H])c([2H])c21. The molecule has 3 heterocycles. The zero-order valence-electron chi connectivity index (χ0n) is 68.9. The lowest BCUT2D eigenvalue weighted by atomic mass is 9.60. The van der Waals surface area contributed by atoms with Gasteiger partial charge in [0.1, 0.15) is 17.1 Å². The Kier molecular flexibility index (Phi) is 3.39. The fraction of sp³-hybridized carbons (Fsp3) is 0.0164. The number of anilines is 3. The predicted molar refractivity (Wildman–Crippen MR) is 262 cm³/mol. The third-order valence-electron chi connectivity index (χ3n) is 10.8. The average Bonchev–Trinajstić information content (AvgIpc) is 0.835. The maximum Gasteiger partial charge on any atom is 0.159 e. The molecule has 3 heteroatoms. The number of hydrogen-bond donors (Lipinski definition) is 0. The van der Waals surface area contributed by atoms with Gasteiger partial charge in [0.15, 0.2) is 5.58 Å². The van der Waals surface area contributed by atoms with Crippen LogP contribution in [0.5, 0.6) is 11.5 Å². The Morgan fingerprint density at radius 3 is 1.36 bits per heavy atom. The van der Waals surface area contributed by atoms with E-state index in [0.29, 0.717) is 4.90 Å². The van der Waals surface area contributed by atoms with Gasteiger partial charge in [0.05, 0.1) is 73.2 Å². The van der Waals surface area contributed by atoms with E-state index >= 15 is 0 Å². The van der Waals surface area contributed by atoms with Crippen LogP contribution in [0, 0.1) is 0 Å². The second kappa shape index (κ2) is 14.3. The predicted octanol–water partition coefficient (Wildman–Crippen LogP) is 16.5. The van der Waals surface area contributed by atoms with Gasteiger partial charge in [-0.2, -0.15) is 0 Å². The molecule has 2 aliphatic heterocycles. The molecule has 3 nitrogen and oxygen atoms in total. The summed E-state index contributed by atoms with van der Waals surface area (Å²) >= 11 is 0. The highest BCUT2D eigenvalue weighted by atomic mass is 16.5. The second-order valence-corrected chi connectivity index (χ2v) is 14.0. The molecule has 300 valence electrons. The minimum Gasteiger partial charge on any atom is -0.457 e. The summed E-state index contributed by atoms with van der Waals surface area (Å²) in [6.07, 6.45) is 0. The van der Waals surface area contributed by atoms with Gasteiger partial charge in [0, 0.05) is 21.9 Å². The van der Waals surface area contributed by atoms with Crippen molar-refractivity contribution >= 4 is 39.0 Å². The highest BCUT2D eigenvalue weighted by Gasteiger charge is 2.52. The molecule has 0 N–H and O–H groups in total. The fourth-order valence-corrected chi connectivity index (χ4v) is 8.24. The highest BCUT2D eigenvalue weighted by Crippen LogP contribution is 2.64. The Labute approximate surface area is 423 Å². The maximum atomic E-state index is 10.6. The summed E-state index contributed by atoms with van der Waals surface area (Å²) in [6, 6.07) is -39.7. The van der Waals surface area contributed by atoms with E-state index < -0.39 is 346 Å². The van der Waals surface area contributed by atoms with Crippen molar-refractivity contribution in [2.24, 2.45) is 0 Å². The van der Waals surface area contributed by atoms with Gasteiger partial charge >= 0.3 is 0 Å². The molecule has 0 radical (unpaired) electrons. The summed E-state index contributed by atoms with van der Waals surface area (Å²) in [5.41, 5.74) is -19.7. The summed E-state index contributed by atoms with van der Waals surface area (Å²) in [5.74, 6) is -2.10. The molecule has 64 heavy (non-hydrogen) atoms. The van der Waals surface area contributed by atoms with Crippen molar-refractivity contribution in [3.8, 4) is 56.0 Å². The lowest BCUT2D eigenvalue weighted by Crippen LogP contribution is -2.39. The van der Waals surface area contributed by atoms with Crippen LogP contribution >= 0.6 is 0 Å². The summed E-state index contributed by atoms with van der Waals surface area (Å²) in [4.78, 5) is 0.630. The summed E-state index contributed by atoms with van der Waals surface area (Å²) in [7, 11) is 0. The molecule has 0 unspecified atom stereocenters. The van der Waals surface area contributed by atoms with Gasteiger partial charge in [-0.15, -0.1) is 0 Å². The van der Waals surface area contributed by atoms with Crippen molar-refractivity contribution in [3.05, 3.63) is 258 Å². The van der Waals surface area contributed by atoms with Crippen molar-refractivity contribution < 1.29 is 59.9 Å². The summed E-state index contributed by atoms with van der Waals surface area (Å²) in [5, 5.41) is -1.30. The van der Waals surface area contributed by atoms with Crippen molar-refractivity contribution in [2.75, 3.05) is 4.90 Å². The number of ether oxygens (including phenoxy) is 1. The third kappa shape index (κ3) is 5.34. The topological polar surface area (TPSA) is 25.6 Å². The van der Waals surface area contributed by atoms with Gasteiger partial charge in [-0.25, -0.2) is 0 Å². The number of para-hydroxylation sites is 4. The molecule has 0 amide bonds. The molecule has 11 aromatic rings. The molecule has 2 aliphatic rings. The monoisotopic (exact) mass is 855 g/mol. The smallest absolute Gasteiger partial charge is 0.159 e. The first-order valence-electron chi connectivity index (χ1n) is 37.4.